The van der Waals surface area contributed by atoms with E-state index in [-0.39, 0.29) is 36.0 Å². The fraction of sp³-hybridized carbons (Fsp3) is 0.846. The summed E-state index contributed by atoms with van der Waals surface area (Å²) in [5.74, 6) is 0.234. The van der Waals surface area contributed by atoms with Gasteiger partial charge in [0.2, 0.25) is 11.8 Å². The van der Waals surface area contributed by atoms with Crippen LogP contribution in [0.1, 0.15) is 33.1 Å². The molecule has 3 rings (SSSR count). The molecule has 2 amide bonds. The van der Waals surface area contributed by atoms with Crippen molar-refractivity contribution in [3.05, 3.63) is 0 Å². The maximum atomic E-state index is 12.6. The lowest BCUT2D eigenvalue weighted by Gasteiger charge is -2.44. The first-order valence-corrected chi connectivity index (χ1v) is 6.85. The first-order chi connectivity index (χ1) is 8.61. The molecule has 0 N–H and O–H groups in total. The van der Waals surface area contributed by atoms with Crippen LogP contribution in [-0.4, -0.2) is 59.0 Å². The van der Waals surface area contributed by atoms with E-state index in [4.69, 9.17) is 4.74 Å². The molecule has 0 aromatic carbocycles. The largest absolute Gasteiger partial charge is 0.376 e. The van der Waals surface area contributed by atoms with Crippen molar-refractivity contribution in [2.75, 3.05) is 13.2 Å². The van der Waals surface area contributed by atoms with E-state index >= 15 is 0 Å². The molecule has 3 aliphatic heterocycles. The third-order valence-electron chi connectivity index (χ3n) is 4.54. The highest BCUT2D eigenvalue weighted by Gasteiger charge is 2.49. The number of piperazine rings is 1. The highest BCUT2D eigenvalue weighted by Crippen LogP contribution is 2.31. The predicted octanol–water partition coefficient (Wildman–Crippen LogP) is 0.385. The third-order valence-corrected chi connectivity index (χ3v) is 4.54. The Morgan fingerprint density at radius 2 is 1.94 bits per heavy atom. The van der Waals surface area contributed by atoms with Crippen LogP contribution in [0.5, 0.6) is 0 Å². The minimum Gasteiger partial charge on any atom is -0.376 e. The van der Waals surface area contributed by atoms with Gasteiger partial charge in [0.1, 0.15) is 12.1 Å². The van der Waals surface area contributed by atoms with E-state index in [0.29, 0.717) is 6.61 Å². The van der Waals surface area contributed by atoms with Crippen molar-refractivity contribution in [2.24, 2.45) is 0 Å². The quantitative estimate of drug-likeness (QED) is 0.678. The zero-order valence-corrected chi connectivity index (χ0v) is 11.0. The summed E-state index contributed by atoms with van der Waals surface area (Å²) >= 11 is 0. The average Bonchev–Trinajstić information content (AvgIpc) is 2.96. The molecule has 0 aromatic rings. The summed E-state index contributed by atoms with van der Waals surface area (Å²) in [5.41, 5.74) is 0. The van der Waals surface area contributed by atoms with Crippen molar-refractivity contribution < 1.29 is 14.3 Å². The van der Waals surface area contributed by atoms with Crippen LogP contribution in [0.2, 0.25) is 0 Å². The maximum absolute atomic E-state index is 12.6. The molecule has 3 aliphatic rings. The van der Waals surface area contributed by atoms with Crippen LogP contribution in [0.3, 0.4) is 0 Å². The fourth-order valence-corrected chi connectivity index (χ4v) is 3.55. The number of rotatable bonds is 1. The SMILES string of the molecule is CC1OCCC1N1C(=O)C2CCCN2C(=O)C1C. The molecule has 100 valence electrons. The monoisotopic (exact) mass is 252 g/mol. The van der Waals surface area contributed by atoms with Gasteiger partial charge in [-0.3, -0.25) is 9.59 Å². The Bertz CT molecular complexity index is 384. The van der Waals surface area contributed by atoms with Crippen LogP contribution in [-0.2, 0) is 14.3 Å². The van der Waals surface area contributed by atoms with Gasteiger partial charge >= 0.3 is 0 Å². The molecule has 0 aliphatic carbocycles. The zero-order chi connectivity index (χ0) is 12.9. The number of nitrogens with zero attached hydrogens (tertiary/aromatic N) is 2. The molecule has 0 saturated carbocycles. The molecule has 4 atom stereocenters. The zero-order valence-electron chi connectivity index (χ0n) is 11.0. The summed E-state index contributed by atoms with van der Waals surface area (Å²) in [6, 6.07) is -0.471. The number of hydrogen-bond donors (Lipinski definition) is 0. The summed E-state index contributed by atoms with van der Waals surface area (Å²) in [5, 5.41) is 0. The lowest BCUT2D eigenvalue weighted by atomic mass is 10.0. The van der Waals surface area contributed by atoms with Crippen molar-refractivity contribution in [3.63, 3.8) is 0 Å². The molecule has 0 radical (unpaired) electrons. The second-order valence-corrected chi connectivity index (χ2v) is 5.54. The lowest BCUT2D eigenvalue weighted by molar-refractivity contribution is -0.162. The van der Waals surface area contributed by atoms with Gasteiger partial charge in [0.05, 0.1) is 12.1 Å². The molecule has 3 heterocycles. The second-order valence-electron chi connectivity index (χ2n) is 5.54. The fourth-order valence-electron chi connectivity index (χ4n) is 3.55. The van der Waals surface area contributed by atoms with E-state index in [1.165, 1.54) is 0 Å². The van der Waals surface area contributed by atoms with Crippen molar-refractivity contribution in [3.8, 4) is 0 Å². The lowest BCUT2D eigenvalue weighted by Crippen LogP contribution is -2.65. The Hall–Kier alpha value is -1.10. The molecule has 3 fully saturated rings. The van der Waals surface area contributed by atoms with Crippen LogP contribution < -0.4 is 0 Å². The molecule has 0 aromatic heterocycles. The number of ether oxygens (including phenoxy) is 1. The van der Waals surface area contributed by atoms with Gasteiger partial charge in [0.15, 0.2) is 0 Å². The highest BCUT2D eigenvalue weighted by atomic mass is 16.5. The maximum Gasteiger partial charge on any atom is 0.246 e. The molecule has 4 unspecified atom stereocenters. The van der Waals surface area contributed by atoms with Crippen molar-refractivity contribution in [1.29, 1.82) is 0 Å². The van der Waals surface area contributed by atoms with Gasteiger partial charge in [-0.15, -0.1) is 0 Å². The van der Waals surface area contributed by atoms with E-state index in [0.717, 1.165) is 25.8 Å². The van der Waals surface area contributed by atoms with Crippen molar-refractivity contribution in [1.82, 2.24) is 9.80 Å². The van der Waals surface area contributed by atoms with Crippen LogP contribution in [0, 0.1) is 0 Å². The molecule has 18 heavy (non-hydrogen) atoms. The summed E-state index contributed by atoms with van der Waals surface area (Å²) in [4.78, 5) is 28.5. The Balaban J connectivity index is 1.89. The molecule has 0 spiro atoms. The van der Waals surface area contributed by atoms with Gasteiger partial charge in [0.25, 0.3) is 0 Å². The Morgan fingerprint density at radius 3 is 2.61 bits per heavy atom. The summed E-state index contributed by atoms with van der Waals surface area (Å²) in [6.45, 7) is 5.26. The number of carbonyl (C=O) groups excluding carboxylic acids is 2. The number of hydrogen-bond acceptors (Lipinski definition) is 3. The van der Waals surface area contributed by atoms with Crippen molar-refractivity contribution in [2.45, 2.75) is 57.3 Å². The van der Waals surface area contributed by atoms with Crippen LogP contribution in [0.4, 0.5) is 0 Å². The number of carbonyl (C=O) groups is 2. The predicted molar refractivity (Wildman–Crippen MR) is 64.9 cm³/mol. The topological polar surface area (TPSA) is 49.9 Å². The van der Waals surface area contributed by atoms with Gasteiger partial charge in [-0.1, -0.05) is 0 Å². The third kappa shape index (κ3) is 1.56. The molecular formula is C13H20N2O3. The normalized spacial score (nSPS) is 40.6. The molecule has 0 bridgehead atoms. The summed E-state index contributed by atoms with van der Waals surface area (Å²) in [7, 11) is 0. The van der Waals surface area contributed by atoms with Crippen LogP contribution >= 0.6 is 0 Å². The van der Waals surface area contributed by atoms with Gasteiger partial charge in [-0.25, -0.2) is 0 Å². The minimum atomic E-state index is -0.332. The smallest absolute Gasteiger partial charge is 0.246 e. The van der Waals surface area contributed by atoms with Crippen molar-refractivity contribution >= 4 is 11.8 Å². The van der Waals surface area contributed by atoms with E-state index in [1.807, 2.05) is 13.8 Å². The second kappa shape index (κ2) is 4.23. The Labute approximate surface area is 107 Å². The van der Waals surface area contributed by atoms with Gasteiger partial charge in [0, 0.05) is 13.2 Å². The minimum absolute atomic E-state index is 0.0390. The molecule has 5 nitrogen and oxygen atoms in total. The van der Waals surface area contributed by atoms with Gasteiger partial charge < -0.3 is 14.5 Å². The van der Waals surface area contributed by atoms with Crippen LogP contribution in [0.15, 0.2) is 0 Å². The van der Waals surface area contributed by atoms with Crippen LogP contribution in [0.25, 0.3) is 0 Å². The molecule has 3 saturated heterocycles. The first-order valence-electron chi connectivity index (χ1n) is 6.85. The number of fused-ring (bicyclic) bond motifs is 1. The summed E-state index contributed by atoms with van der Waals surface area (Å²) in [6.07, 6.45) is 2.64. The Morgan fingerprint density at radius 1 is 1.17 bits per heavy atom. The van der Waals surface area contributed by atoms with E-state index in [2.05, 4.69) is 0 Å². The first kappa shape index (κ1) is 12.0. The Kier molecular flexibility index (Phi) is 2.81. The summed E-state index contributed by atoms with van der Waals surface area (Å²) < 4.78 is 5.54. The highest BCUT2D eigenvalue weighted by molar-refractivity contribution is 5.97. The average molecular weight is 252 g/mol. The van der Waals surface area contributed by atoms with E-state index < -0.39 is 0 Å². The van der Waals surface area contributed by atoms with Gasteiger partial charge in [-0.2, -0.15) is 0 Å². The molecule has 5 heteroatoms. The standard InChI is InChI=1S/C13H20N2O3/c1-8-12(16)14-6-3-4-11(14)13(17)15(8)10-5-7-18-9(10)2/h8-11H,3-7H2,1-2H3. The number of amides is 2. The van der Waals surface area contributed by atoms with E-state index in [1.54, 1.807) is 9.80 Å². The molecular weight excluding hydrogens is 232 g/mol. The van der Waals surface area contributed by atoms with Gasteiger partial charge in [-0.05, 0) is 33.1 Å². The van der Waals surface area contributed by atoms with E-state index in [9.17, 15) is 9.59 Å².